The Bertz CT molecular complexity index is 816. The second kappa shape index (κ2) is 4.39. The lowest BCUT2D eigenvalue weighted by atomic mass is 9.91. The lowest BCUT2D eigenvalue weighted by Crippen LogP contribution is -2.13. The Morgan fingerprint density at radius 1 is 1.30 bits per heavy atom. The number of aromatic nitrogens is 4. The zero-order valence-corrected chi connectivity index (χ0v) is 12.2. The molecule has 100 valence electrons. The van der Waals surface area contributed by atoms with Crippen molar-refractivity contribution in [1.29, 1.82) is 5.26 Å². The van der Waals surface area contributed by atoms with Crippen molar-refractivity contribution in [1.82, 2.24) is 19.6 Å². The van der Waals surface area contributed by atoms with Gasteiger partial charge in [-0.3, -0.25) is 0 Å². The van der Waals surface area contributed by atoms with E-state index in [1.54, 1.807) is 12.1 Å². The second-order valence-corrected chi connectivity index (χ2v) is 6.38. The van der Waals surface area contributed by atoms with E-state index in [4.69, 9.17) is 5.26 Å². The summed E-state index contributed by atoms with van der Waals surface area (Å²) < 4.78 is 4.05. The van der Waals surface area contributed by atoms with Crippen LogP contribution in [0.4, 0.5) is 0 Å². The number of nitriles is 1. The summed E-state index contributed by atoms with van der Waals surface area (Å²) in [5.41, 5.74) is 3.16. The van der Waals surface area contributed by atoms with Crippen LogP contribution in [0.2, 0.25) is 0 Å². The Balaban J connectivity index is 2.16. The highest BCUT2D eigenvalue weighted by molar-refractivity contribution is 7.09. The molecule has 1 N–H and O–H groups in total. The summed E-state index contributed by atoms with van der Waals surface area (Å²) in [6, 6.07) is 7.54. The molecule has 0 aliphatic carbocycles. The molecule has 0 unspecified atom stereocenters. The fourth-order valence-corrected chi connectivity index (χ4v) is 2.84. The topological polar surface area (TPSA) is 78.2 Å². The Hall–Kier alpha value is -2.26. The molecule has 1 aromatic carbocycles. The zero-order chi connectivity index (χ0) is 14.3. The Labute approximate surface area is 120 Å². The lowest BCUT2D eigenvalue weighted by Gasteiger charge is -2.15. The first-order chi connectivity index (χ1) is 9.49. The summed E-state index contributed by atoms with van der Waals surface area (Å²) >= 11 is 1.33. The first kappa shape index (κ1) is 12.8. The maximum atomic E-state index is 8.94. The minimum atomic E-state index is -0.0842. The van der Waals surface area contributed by atoms with Crippen LogP contribution in [0.15, 0.2) is 18.2 Å². The summed E-state index contributed by atoms with van der Waals surface area (Å²) in [5.74, 6) is 0.759. The average Bonchev–Trinajstić information content (AvgIpc) is 3.03. The minimum Gasteiger partial charge on any atom is -0.337 e. The van der Waals surface area contributed by atoms with Gasteiger partial charge in [0, 0.05) is 5.41 Å². The van der Waals surface area contributed by atoms with E-state index < -0.39 is 0 Å². The largest absolute Gasteiger partial charge is 0.337 e. The second-order valence-electron chi connectivity index (χ2n) is 5.63. The maximum Gasteiger partial charge on any atom is 0.152 e. The van der Waals surface area contributed by atoms with Crippen molar-refractivity contribution in [2.75, 3.05) is 0 Å². The smallest absolute Gasteiger partial charge is 0.152 e. The van der Waals surface area contributed by atoms with Crippen molar-refractivity contribution in [3.8, 4) is 16.8 Å². The van der Waals surface area contributed by atoms with Crippen LogP contribution in [-0.2, 0) is 5.41 Å². The molecule has 6 heteroatoms. The van der Waals surface area contributed by atoms with E-state index in [-0.39, 0.29) is 5.41 Å². The summed E-state index contributed by atoms with van der Waals surface area (Å²) in [5, 5.41) is 13.2. The molecule has 0 amide bonds. The number of fused-ring (bicyclic) bond motifs is 1. The van der Waals surface area contributed by atoms with Crippen LogP contribution in [-0.4, -0.2) is 19.6 Å². The van der Waals surface area contributed by atoms with E-state index in [0.717, 1.165) is 27.4 Å². The van der Waals surface area contributed by atoms with E-state index in [1.807, 2.05) is 6.07 Å². The molecule has 2 aromatic heterocycles. The van der Waals surface area contributed by atoms with Crippen LogP contribution in [0.5, 0.6) is 0 Å². The number of hydrogen-bond donors (Lipinski definition) is 1. The molecule has 5 nitrogen and oxygen atoms in total. The zero-order valence-electron chi connectivity index (χ0n) is 11.4. The molecule has 0 saturated carbocycles. The number of aromatic amines is 1. The molecule has 2 heterocycles. The van der Waals surface area contributed by atoms with E-state index in [9.17, 15) is 0 Å². The van der Waals surface area contributed by atoms with Crippen LogP contribution in [0.3, 0.4) is 0 Å². The van der Waals surface area contributed by atoms with Crippen molar-refractivity contribution in [3.05, 3.63) is 29.5 Å². The predicted molar refractivity (Wildman–Crippen MR) is 78.4 cm³/mol. The molecule has 0 atom stereocenters. The van der Waals surface area contributed by atoms with Crippen LogP contribution >= 0.6 is 11.5 Å². The van der Waals surface area contributed by atoms with Crippen molar-refractivity contribution in [2.24, 2.45) is 0 Å². The predicted octanol–water partition coefficient (Wildman–Crippen LogP) is 3.25. The van der Waals surface area contributed by atoms with Gasteiger partial charge in [0.2, 0.25) is 0 Å². The third-order valence-corrected chi connectivity index (χ3v) is 3.76. The van der Waals surface area contributed by atoms with Crippen molar-refractivity contribution < 1.29 is 0 Å². The molecule has 3 aromatic rings. The molecular formula is C14H13N5S. The van der Waals surface area contributed by atoms with Gasteiger partial charge in [-0.15, -0.1) is 5.10 Å². The SMILES string of the molecule is CC(C)(C)c1nnsc1-c1nc2ccc(C#N)cc2[nH]1. The minimum absolute atomic E-state index is 0.0842. The average molecular weight is 283 g/mol. The number of imidazole rings is 1. The normalized spacial score (nSPS) is 11.7. The van der Waals surface area contributed by atoms with Gasteiger partial charge < -0.3 is 4.98 Å². The quantitative estimate of drug-likeness (QED) is 0.743. The van der Waals surface area contributed by atoms with E-state index >= 15 is 0 Å². The molecule has 20 heavy (non-hydrogen) atoms. The van der Waals surface area contributed by atoms with Gasteiger partial charge in [0.1, 0.15) is 4.88 Å². The number of nitrogens with one attached hydrogen (secondary N) is 1. The highest BCUT2D eigenvalue weighted by Crippen LogP contribution is 2.33. The van der Waals surface area contributed by atoms with Crippen LogP contribution in [0.1, 0.15) is 32.0 Å². The molecule has 0 aliphatic rings. The number of rotatable bonds is 1. The summed E-state index contributed by atoms with van der Waals surface area (Å²) in [6.45, 7) is 6.30. The monoisotopic (exact) mass is 283 g/mol. The van der Waals surface area contributed by atoms with Gasteiger partial charge in [-0.1, -0.05) is 25.3 Å². The van der Waals surface area contributed by atoms with E-state index in [2.05, 4.69) is 46.4 Å². The van der Waals surface area contributed by atoms with Gasteiger partial charge in [-0.05, 0) is 29.7 Å². The Morgan fingerprint density at radius 3 is 2.80 bits per heavy atom. The first-order valence-electron chi connectivity index (χ1n) is 6.22. The standard InChI is InChI=1S/C14H13N5S/c1-14(2,3)12-11(20-19-18-12)13-16-9-5-4-8(7-15)6-10(9)17-13/h4-6H,1-3H3,(H,16,17). The number of nitrogens with zero attached hydrogens (tertiary/aromatic N) is 4. The number of H-pyrrole nitrogens is 1. The van der Waals surface area contributed by atoms with Crippen LogP contribution in [0, 0.1) is 11.3 Å². The van der Waals surface area contributed by atoms with Gasteiger partial charge in [0.05, 0.1) is 28.4 Å². The van der Waals surface area contributed by atoms with E-state index in [1.165, 1.54) is 11.5 Å². The first-order valence-corrected chi connectivity index (χ1v) is 6.99. The van der Waals surface area contributed by atoms with Gasteiger partial charge in [-0.2, -0.15) is 5.26 Å². The van der Waals surface area contributed by atoms with Crippen molar-refractivity contribution in [2.45, 2.75) is 26.2 Å². The molecule has 0 fully saturated rings. The highest BCUT2D eigenvalue weighted by atomic mass is 32.1. The van der Waals surface area contributed by atoms with Gasteiger partial charge in [0.15, 0.2) is 5.82 Å². The molecule has 0 saturated heterocycles. The van der Waals surface area contributed by atoms with Crippen LogP contribution in [0.25, 0.3) is 21.7 Å². The number of benzene rings is 1. The third-order valence-electron chi connectivity index (χ3n) is 3.02. The summed E-state index contributed by atoms with van der Waals surface area (Å²) in [6.07, 6.45) is 0. The molecule has 0 spiro atoms. The molecular weight excluding hydrogens is 270 g/mol. The maximum absolute atomic E-state index is 8.94. The van der Waals surface area contributed by atoms with Gasteiger partial charge in [-0.25, -0.2) is 4.98 Å². The fourth-order valence-electron chi connectivity index (χ4n) is 2.02. The van der Waals surface area contributed by atoms with Crippen molar-refractivity contribution in [3.63, 3.8) is 0 Å². The van der Waals surface area contributed by atoms with E-state index in [0.29, 0.717) is 5.56 Å². The molecule has 0 radical (unpaired) electrons. The van der Waals surface area contributed by atoms with Gasteiger partial charge in [0.25, 0.3) is 0 Å². The molecule has 3 rings (SSSR count). The Morgan fingerprint density at radius 2 is 2.10 bits per heavy atom. The summed E-state index contributed by atoms with van der Waals surface area (Å²) in [7, 11) is 0. The Kier molecular flexibility index (Phi) is 2.80. The third kappa shape index (κ3) is 2.06. The van der Waals surface area contributed by atoms with Crippen LogP contribution < -0.4 is 0 Å². The molecule has 0 bridgehead atoms. The van der Waals surface area contributed by atoms with Gasteiger partial charge >= 0.3 is 0 Å². The molecule has 0 aliphatic heterocycles. The summed E-state index contributed by atoms with van der Waals surface area (Å²) in [4.78, 5) is 8.77. The lowest BCUT2D eigenvalue weighted by molar-refractivity contribution is 0.568. The number of hydrogen-bond acceptors (Lipinski definition) is 5. The highest BCUT2D eigenvalue weighted by Gasteiger charge is 2.24. The van der Waals surface area contributed by atoms with Crippen molar-refractivity contribution >= 4 is 22.6 Å². The fraction of sp³-hybridized carbons (Fsp3) is 0.286.